The predicted molar refractivity (Wildman–Crippen MR) is 81.3 cm³/mol. The highest BCUT2D eigenvalue weighted by Gasteiger charge is 2.09. The van der Waals surface area contributed by atoms with E-state index in [2.05, 4.69) is 31.2 Å². The standard InChI is InChI=1S/C14H16BrN3O2/c1-9(10-4-6-11(19-2)7-5-10)17-14-16-8-12(15)13(18-14)20-3/h4-9H,1-3H3,(H,16,17,18). The monoisotopic (exact) mass is 337 g/mol. The molecule has 1 atom stereocenters. The molecular weight excluding hydrogens is 322 g/mol. The summed E-state index contributed by atoms with van der Waals surface area (Å²) in [7, 11) is 3.22. The van der Waals surface area contributed by atoms with Crippen LogP contribution in [0.2, 0.25) is 0 Å². The number of hydrogen-bond donors (Lipinski definition) is 1. The predicted octanol–water partition coefficient (Wildman–Crippen LogP) is 3.43. The summed E-state index contributed by atoms with van der Waals surface area (Å²) < 4.78 is 11.0. The van der Waals surface area contributed by atoms with Crippen LogP contribution in [0.15, 0.2) is 34.9 Å². The maximum absolute atomic E-state index is 5.15. The van der Waals surface area contributed by atoms with E-state index in [1.807, 2.05) is 31.2 Å². The Balaban J connectivity index is 2.12. The first kappa shape index (κ1) is 14.6. The van der Waals surface area contributed by atoms with Crippen LogP contribution in [0.1, 0.15) is 18.5 Å². The van der Waals surface area contributed by atoms with Crippen molar-refractivity contribution in [2.24, 2.45) is 0 Å². The molecule has 1 N–H and O–H groups in total. The van der Waals surface area contributed by atoms with Gasteiger partial charge in [-0.15, -0.1) is 0 Å². The number of benzene rings is 1. The van der Waals surface area contributed by atoms with Gasteiger partial charge in [-0.25, -0.2) is 4.98 Å². The van der Waals surface area contributed by atoms with Crippen molar-refractivity contribution in [3.8, 4) is 11.6 Å². The number of aromatic nitrogens is 2. The lowest BCUT2D eigenvalue weighted by molar-refractivity contribution is 0.394. The third kappa shape index (κ3) is 3.39. The first-order valence-electron chi connectivity index (χ1n) is 6.11. The Morgan fingerprint density at radius 1 is 1.15 bits per heavy atom. The number of hydrogen-bond acceptors (Lipinski definition) is 5. The maximum atomic E-state index is 5.15. The van der Waals surface area contributed by atoms with Crippen molar-refractivity contribution in [3.63, 3.8) is 0 Å². The fraction of sp³-hybridized carbons (Fsp3) is 0.286. The first-order chi connectivity index (χ1) is 9.63. The van der Waals surface area contributed by atoms with Gasteiger partial charge in [0.05, 0.1) is 30.9 Å². The molecule has 6 heteroatoms. The lowest BCUT2D eigenvalue weighted by Gasteiger charge is -2.15. The van der Waals surface area contributed by atoms with Crippen molar-refractivity contribution in [1.82, 2.24) is 9.97 Å². The second-order valence-electron chi connectivity index (χ2n) is 4.19. The first-order valence-corrected chi connectivity index (χ1v) is 6.90. The lowest BCUT2D eigenvalue weighted by Crippen LogP contribution is -2.09. The van der Waals surface area contributed by atoms with E-state index in [1.165, 1.54) is 0 Å². The van der Waals surface area contributed by atoms with E-state index >= 15 is 0 Å². The number of nitrogens with one attached hydrogen (secondary N) is 1. The van der Waals surface area contributed by atoms with E-state index in [1.54, 1.807) is 20.4 Å². The molecule has 106 valence electrons. The van der Waals surface area contributed by atoms with E-state index in [4.69, 9.17) is 9.47 Å². The molecule has 1 aromatic heterocycles. The second kappa shape index (κ2) is 6.56. The molecule has 0 saturated carbocycles. The highest BCUT2D eigenvalue weighted by molar-refractivity contribution is 9.10. The summed E-state index contributed by atoms with van der Waals surface area (Å²) in [6, 6.07) is 7.94. The average molecular weight is 338 g/mol. The minimum absolute atomic E-state index is 0.0757. The van der Waals surface area contributed by atoms with Gasteiger partial charge in [-0.2, -0.15) is 4.98 Å². The summed E-state index contributed by atoms with van der Waals surface area (Å²) in [6.07, 6.45) is 1.66. The molecule has 0 saturated heterocycles. The lowest BCUT2D eigenvalue weighted by atomic mass is 10.1. The Kier molecular flexibility index (Phi) is 4.79. The van der Waals surface area contributed by atoms with Gasteiger partial charge < -0.3 is 14.8 Å². The summed E-state index contributed by atoms with van der Waals surface area (Å²) in [6.45, 7) is 2.04. The fourth-order valence-electron chi connectivity index (χ4n) is 1.73. The SMILES string of the molecule is COc1ccc(C(C)Nc2ncc(Br)c(OC)n2)cc1. The van der Waals surface area contributed by atoms with Crippen molar-refractivity contribution in [2.45, 2.75) is 13.0 Å². The molecule has 1 unspecified atom stereocenters. The molecule has 2 aromatic rings. The minimum atomic E-state index is 0.0757. The molecular formula is C14H16BrN3O2. The van der Waals surface area contributed by atoms with Crippen LogP contribution in [0, 0.1) is 0 Å². The van der Waals surface area contributed by atoms with Crippen LogP contribution in [0.3, 0.4) is 0 Å². The third-order valence-electron chi connectivity index (χ3n) is 2.87. The molecule has 0 aliphatic carbocycles. The number of halogens is 1. The molecule has 0 aliphatic rings. The molecule has 0 amide bonds. The Hall–Kier alpha value is -1.82. The zero-order valence-corrected chi connectivity index (χ0v) is 13.1. The zero-order valence-electron chi connectivity index (χ0n) is 11.6. The number of rotatable bonds is 5. The van der Waals surface area contributed by atoms with Crippen LogP contribution in [-0.2, 0) is 0 Å². The van der Waals surface area contributed by atoms with E-state index in [0.717, 1.165) is 15.8 Å². The normalized spacial score (nSPS) is 11.8. The number of anilines is 1. The van der Waals surface area contributed by atoms with Gasteiger partial charge in [-0.05, 0) is 40.5 Å². The highest BCUT2D eigenvalue weighted by Crippen LogP contribution is 2.24. The van der Waals surface area contributed by atoms with Crippen molar-refractivity contribution in [2.75, 3.05) is 19.5 Å². The Morgan fingerprint density at radius 2 is 1.85 bits per heavy atom. The van der Waals surface area contributed by atoms with Crippen molar-refractivity contribution in [3.05, 3.63) is 40.5 Å². The van der Waals surface area contributed by atoms with E-state index in [-0.39, 0.29) is 6.04 Å². The molecule has 1 heterocycles. The summed E-state index contributed by atoms with van der Waals surface area (Å²) >= 11 is 3.33. The van der Waals surface area contributed by atoms with E-state index in [0.29, 0.717) is 11.8 Å². The molecule has 2 rings (SSSR count). The largest absolute Gasteiger partial charge is 0.497 e. The third-order valence-corrected chi connectivity index (χ3v) is 3.41. The molecule has 0 bridgehead atoms. The van der Waals surface area contributed by atoms with Gasteiger partial charge in [0, 0.05) is 0 Å². The fourth-order valence-corrected chi connectivity index (χ4v) is 2.09. The van der Waals surface area contributed by atoms with Gasteiger partial charge in [-0.3, -0.25) is 0 Å². The summed E-state index contributed by atoms with van der Waals surface area (Å²) in [4.78, 5) is 8.49. The van der Waals surface area contributed by atoms with Crippen molar-refractivity contribution >= 4 is 21.9 Å². The second-order valence-corrected chi connectivity index (χ2v) is 5.04. The van der Waals surface area contributed by atoms with Crippen LogP contribution >= 0.6 is 15.9 Å². The number of nitrogens with zero attached hydrogens (tertiary/aromatic N) is 2. The molecule has 0 spiro atoms. The minimum Gasteiger partial charge on any atom is -0.497 e. The molecule has 1 aromatic carbocycles. The maximum Gasteiger partial charge on any atom is 0.232 e. The molecule has 20 heavy (non-hydrogen) atoms. The van der Waals surface area contributed by atoms with Crippen molar-refractivity contribution in [1.29, 1.82) is 0 Å². The number of ether oxygens (including phenoxy) is 2. The Bertz CT molecular complexity index is 575. The van der Waals surface area contributed by atoms with Crippen LogP contribution in [0.5, 0.6) is 11.6 Å². The van der Waals surface area contributed by atoms with Gasteiger partial charge >= 0.3 is 0 Å². The molecule has 0 radical (unpaired) electrons. The van der Waals surface area contributed by atoms with E-state index in [9.17, 15) is 0 Å². The van der Waals surface area contributed by atoms with Crippen LogP contribution in [-0.4, -0.2) is 24.2 Å². The molecule has 0 aliphatic heterocycles. The van der Waals surface area contributed by atoms with Crippen LogP contribution in [0.4, 0.5) is 5.95 Å². The van der Waals surface area contributed by atoms with Gasteiger partial charge in [0.15, 0.2) is 0 Å². The summed E-state index contributed by atoms with van der Waals surface area (Å²) in [5.74, 6) is 1.86. The van der Waals surface area contributed by atoms with Gasteiger partial charge in [0.1, 0.15) is 5.75 Å². The Labute approximate surface area is 126 Å². The van der Waals surface area contributed by atoms with Gasteiger partial charge in [0.2, 0.25) is 11.8 Å². The Morgan fingerprint density at radius 3 is 2.45 bits per heavy atom. The van der Waals surface area contributed by atoms with Gasteiger partial charge in [0.25, 0.3) is 0 Å². The smallest absolute Gasteiger partial charge is 0.232 e. The van der Waals surface area contributed by atoms with Gasteiger partial charge in [-0.1, -0.05) is 12.1 Å². The average Bonchev–Trinajstić information content (AvgIpc) is 2.49. The quantitative estimate of drug-likeness (QED) is 0.905. The van der Waals surface area contributed by atoms with Crippen LogP contribution in [0.25, 0.3) is 0 Å². The van der Waals surface area contributed by atoms with Crippen molar-refractivity contribution < 1.29 is 9.47 Å². The zero-order chi connectivity index (χ0) is 14.5. The van der Waals surface area contributed by atoms with E-state index < -0.39 is 0 Å². The van der Waals surface area contributed by atoms with Crippen LogP contribution < -0.4 is 14.8 Å². The summed E-state index contributed by atoms with van der Waals surface area (Å²) in [5.41, 5.74) is 1.12. The highest BCUT2D eigenvalue weighted by atomic mass is 79.9. The number of methoxy groups -OCH3 is 2. The molecule has 0 fully saturated rings. The topological polar surface area (TPSA) is 56.3 Å². The summed E-state index contributed by atoms with van der Waals surface area (Å²) in [5, 5.41) is 3.23. The molecule has 5 nitrogen and oxygen atoms in total.